The molecule has 21 heavy (non-hydrogen) atoms. The van der Waals surface area contributed by atoms with Crippen LogP contribution in [0.15, 0.2) is 0 Å². The minimum absolute atomic E-state index is 0.639. The van der Waals surface area contributed by atoms with Crippen molar-refractivity contribution in [2.75, 3.05) is 26.2 Å². The Morgan fingerprint density at radius 2 is 1.52 bits per heavy atom. The highest BCUT2D eigenvalue weighted by atomic mass is 14.9. The molecule has 2 nitrogen and oxygen atoms in total. The third kappa shape index (κ3) is 3.47. The fourth-order valence-electron chi connectivity index (χ4n) is 6.88. The lowest BCUT2D eigenvalue weighted by atomic mass is 9.40. The summed E-state index contributed by atoms with van der Waals surface area (Å²) in [5.74, 6) is 1.03. The summed E-state index contributed by atoms with van der Waals surface area (Å²) in [7, 11) is 0. The van der Waals surface area contributed by atoms with E-state index in [1.54, 1.807) is 0 Å². The second-order valence-electron chi connectivity index (χ2n) is 9.41. The molecule has 2 heteroatoms. The van der Waals surface area contributed by atoms with E-state index in [-0.39, 0.29) is 0 Å². The maximum absolute atomic E-state index is 3.81. The molecular weight excluding hydrogens is 256 g/mol. The second kappa shape index (κ2) is 5.85. The van der Waals surface area contributed by atoms with Crippen LogP contribution >= 0.6 is 0 Å². The third-order valence-corrected chi connectivity index (χ3v) is 6.38. The molecule has 0 aliphatic heterocycles. The maximum atomic E-state index is 3.81. The van der Waals surface area contributed by atoms with E-state index in [1.807, 2.05) is 0 Å². The lowest BCUT2D eigenvalue weighted by Gasteiger charge is -2.65. The van der Waals surface area contributed by atoms with Gasteiger partial charge in [0.15, 0.2) is 0 Å². The topological polar surface area (TPSA) is 24.1 Å². The van der Waals surface area contributed by atoms with Crippen LogP contribution in [0.2, 0.25) is 0 Å². The number of rotatable bonds is 8. The molecule has 0 spiro atoms. The summed E-state index contributed by atoms with van der Waals surface area (Å²) in [4.78, 5) is 0. The van der Waals surface area contributed by atoms with E-state index in [1.165, 1.54) is 77.5 Å². The number of hydrogen-bond donors (Lipinski definition) is 2. The quantitative estimate of drug-likeness (QED) is 0.662. The van der Waals surface area contributed by atoms with Crippen molar-refractivity contribution in [1.29, 1.82) is 0 Å². The summed E-state index contributed by atoms with van der Waals surface area (Å²) in [6.07, 6.45) is 11.6. The third-order valence-electron chi connectivity index (χ3n) is 6.38. The molecule has 2 unspecified atom stereocenters. The SMILES string of the molecule is CCCNCCCNCC12CC3CC(C)(CC(C)(C3)C1)C2. The summed E-state index contributed by atoms with van der Waals surface area (Å²) in [5.41, 5.74) is 1.97. The molecule has 4 fully saturated rings. The van der Waals surface area contributed by atoms with E-state index in [0.717, 1.165) is 5.92 Å². The van der Waals surface area contributed by atoms with E-state index in [0.29, 0.717) is 16.2 Å². The second-order valence-corrected chi connectivity index (χ2v) is 9.41. The fraction of sp³-hybridized carbons (Fsp3) is 1.00. The summed E-state index contributed by atoms with van der Waals surface area (Å²) in [6.45, 7) is 12.2. The highest BCUT2D eigenvalue weighted by molar-refractivity contribution is 5.10. The Balaban J connectivity index is 1.47. The van der Waals surface area contributed by atoms with Crippen LogP contribution < -0.4 is 10.6 Å². The highest BCUT2D eigenvalue weighted by Gasteiger charge is 2.59. The van der Waals surface area contributed by atoms with Gasteiger partial charge >= 0.3 is 0 Å². The molecule has 4 rings (SSSR count). The van der Waals surface area contributed by atoms with E-state index < -0.39 is 0 Å². The lowest BCUT2D eigenvalue weighted by molar-refractivity contribution is -0.143. The Bertz CT molecular complexity index is 347. The minimum Gasteiger partial charge on any atom is -0.317 e. The van der Waals surface area contributed by atoms with E-state index >= 15 is 0 Å². The predicted molar refractivity (Wildman–Crippen MR) is 90.5 cm³/mol. The Morgan fingerprint density at radius 1 is 0.857 bits per heavy atom. The zero-order valence-corrected chi connectivity index (χ0v) is 14.6. The summed E-state index contributed by atoms with van der Waals surface area (Å²) < 4.78 is 0. The van der Waals surface area contributed by atoms with Crippen molar-refractivity contribution < 1.29 is 0 Å². The molecule has 2 N–H and O–H groups in total. The standard InChI is InChI=1S/C19H36N2/c1-4-6-20-7-5-8-21-15-19-11-16-9-17(2,13-19)12-18(3,10-16)14-19/h16,20-21H,4-15H2,1-3H3. The Morgan fingerprint density at radius 3 is 2.14 bits per heavy atom. The van der Waals surface area contributed by atoms with Crippen molar-refractivity contribution in [2.45, 2.75) is 72.1 Å². The van der Waals surface area contributed by atoms with E-state index in [9.17, 15) is 0 Å². The van der Waals surface area contributed by atoms with Gasteiger partial charge in [-0.2, -0.15) is 0 Å². The average Bonchev–Trinajstić information content (AvgIpc) is 2.33. The first kappa shape index (κ1) is 15.8. The van der Waals surface area contributed by atoms with Crippen LogP contribution in [-0.4, -0.2) is 26.2 Å². The van der Waals surface area contributed by atoms with Crippen LogP contribution in [0.25, 0.3) is 0 Å². The van der Waals surface area contributed by atoms with Gasteiger partial charge in [0.25, 0.3) is 0 Å². The molecule has 4 bridgehead atoms. The van der Waals surface area contributed by atoms with Crippen LogP contribution in [0.4, 0.5) is 0 Å². The summed E-state index contributed by atoms with van der Waals surface area (Å²) in [6, 6.07) is 0. The van der Waals surface area contributed by atoms with Crippen molar-refractivity contribution in [3.8, 4) is 0 Å². The summed E-state index contributed by atoms with van der Waals surface area (Å²) in [5, 5.41) is 7.32. The Labute approximate surface area is 131 Å². The van der Waals surface area contributed by atoms with Gasteiger partial charge in [0.1, 0.15) is 0 Å². The molecule has 4 saturated carbocycles. The first-order valence-corrected chi connectivity index (χ1v) is 9.38. The van der Waals surface area contributed by atoms with Crippen LogP contribution in [0.3, 0.4) is 0 Å². The van der Waals surface area contributed by atoms with Crippen LogP contribution in [0.1, 0.15) is 72.1 Å². The molecule has 0 saturated heterocycles. The van der Waals surface area contributed by atoms with E-state index in [2.05, 4.69) is 31.4 Å². The van der Waals surface area contributed by atoms with Gasteiger partial charge in [-0.1, -0.05) is 20.8 Å². The largest absolute Gasteiger partial charge is 0.317 e. The molecule has 2 atom stereocenters. The van der Waals surface area contributed by atoms with Crippen molar-refractivity contribution in [3.05, 3.63) is 0 Å². The zero-order valence-electron chi connectivity index (χ0n) is 14.6. The molecule has 0 aromatic carbocycles. The lowest BCUT2D eigenvalue weighted by Crippen LogP contribution is -2.57. The molecule has 0 heterocycles. The van der Waals surface area contributed by atoms with Gasteiger partial charge in [0.2, 0.25) is 0 Å². The fourth-order valence-corrected chi connectivity index (χ4v) is 6.88. The number of hydrogen-bond acceptors (Lipinski definition) is 2. The van der Waals surface area contributed by atoms with Gasteiger partial charge in [0.05, 0.1) is 0 Å². The average molecular weight is 293 g/mol. The first-order chi connectivity index (χ1) is 9.97. The molecule has 0 amide bonds. The Kier molecular flexibility index (Phi) is 4.40. The van der Waals surface area contributed by atoms with Gasteiger partial charge in [-0.25, -0.2) is 0 Å². The molecule has 122 valence electrons. The van der Waals surface area contributed by atoms with Gasteiger partial charge in [-0.15, -0.1) is 0 Å². The van der Waals surface area contributed by atoms with Crippen molar-refractivity contribution in [3.63, 3.8) is 0 Å². The van der Waals surface area contributed by atoms with Crippen molar-refractivity contribution in [2.24, 2.45) is 22.2 Å². The predicted octanol–water partition coefficient (Wildman–Crippen LogP) is 3.96. The van der Waals surface area contributed by atoms with Crippen molar-refractivity contribution >= 4 is 0 Å². The molecule has 4 aliphatic carbocycles. The van der Waals surface area contributed by atoms with Gasteiger partial charge in [-0.3, -0.25) is 0 Å². The van der Waals surface area contributed by atoms with Crippen LogP contribution in [0.5, 0.6) is 0 Å². The smallest absolute Gasteiger partial charge is 0.000833 e. The van der Waals surface area contributed by atoms with Gasteiger partial charge in [-0.05, 0) is 93.2 Å². The zero-order chi connectivity index (χ0) is 15.0. The maximum Gasteiger partial charge on any atom is 0.000833 e. The molecule has 0 aromatic heterocycles. The van der Waals surface area contributed by atoms with Gasteiger partial charge < -0.3 is 10.6 Å². The molecular formula is C19H36N2. The molecule has 4 aliphatic rings. The number of nitrogens with one attached hydrogen (secondary N) is 2. The summed E-state index contributed by atoms with van der Waals surface area (Å²) >= 11 is 0. The monoisotopic (exact) mass is 292 g/mol. The normalized spacial score (nSPS) is 44.4. The van der Waals surface area contributed by atoms with Gasteiger partial charge in [0, 0.05) is 6.54 Å². The van der Waals surface area contributed by atoms with Crippen LogP contribution in [-0.2, 0) is 0 Å². The first-order valence-electron chi connectivity index (χ1n) is 9.38. The molecule has 0 aromatic rings. The molecule has 0 radical (unpaired) electrons. The van der Waals surface area contributed by atoms with Crippen LogP contribution in [0, 0.1) is 22.2 Å². The minimum atomic E-state index is 0.639. The van der Waals surface area contributed by atoms with E-state index in [4.69, 9.17) is 0 Å². The highest BCUT2D eigenvalue weighted by Crippen LogP contribution is 2.69. The van der Waals surface area contributed by atoms with Crippen molar-refractivity contribution in [1.82, 2.24) is 10.6 Å². The Hall–Kier alpha value is -0.0800.